The summed E-state index contributed by atoms with van der Waals surface area (Å²) in [6.07, 6.45) is 2.46. The van der Waals surface area contributed by atoms with Gasteiger partial charge in [0.15, 0.2) is 9.84 Å². The van der Waals surface area contributed by atoms with E-state index in [0.29, 0.717) is 10.9 Å². The van der Waals surface area contributed by atoms with Crippen LogP contribution in [0.1, 0.15) is 29.8 Å². The van der Waals surface area contributed by atoms with Crippen LogP contribution in [0.4, 0.5) is 4.39 Å². The van der Waals surface area contributed by atoms with E-state index in [1.807, 2.05) is 0 Å². The average Bonchev–Trinajstić information content (AvgIpc) is 2.74. The van der Waals surface area contributed by atoms with Crippen molar-refractivity contribution >= 4 is 38.2 Å². The third-order valence-corrected chi connectivity index (χ3v) is 7.67. The summed E-state index contributed by atoms with van der Waals surface area (Å²) in [6, 6.07) is 5.47. The molecule has 1 amide bonds. The Morgan fingerprint density at radius 3 is 2.64 bits per heavy atom. The Kier molecular flexibility index (Phi) is 6.75. The van der Waals surface area contributed by atoms with Gasteiger partial charge in [-0.05, 0) is 37.6 Å². The van der Waals surface area contributed by atoms with Gasteiger partial charge in [0.1, 0.15) is 28.3 Å². The molecule has 33 heavy (non-hydrogen) atoms. The molecule has 0 bridgehead atoms. The summed E-state index contributed by atoms with van der Waals surface area (Å²) < 4.78 is 43.1. The first-order valence-electron chi connectivity index (χ1n) is 9.72. The molecule has 1 N–H and O–H groups in total. The van der Waals surface area contributed by atoms with Crippen molar-refractivity contribution in [3.05, 3.63) is 62.8 Å². The van der Waals surface area contributed by atoms with Gasteiger partial charge in [0.05, 0.1) is 11.2 Å². The lowest BCUT2D eigenvalue weighted by molar-refractivity contribution is 0.0949. The van der Waals surface area contributed by atoms with Crippen LogP contribution in [0.3, 0.4) is 0 Å². The number of carbonyl (C=O) groups excluding carboxylic acids is 1. The first-order valence-corrected chi connectivity index (χ1v) is 12.0. The second kappa shape index (κ2) is 9.06. The van der Waals surface area contributed by atoms with E-state index in [0.717, 1.165) is 6.26 Å². The molecule has 176 valence electrons. The van der Waals surface area contributed by atoms with E-state index < -0.39 is 31.9 Å². The highest BCUT2D eigenvalue weighted by Gasteiger charge is 2.32. The van der Waals surface area contributed by atoms with Gasteiger partial charge >= 0.3 is 0 Å². The van der Waals surface area contributed by atoms with E-state index >= 15 is 0 Å². The van der Waals surface area contributed by atoms with Crippen molar-refractivity contribution < 1.29 is 22.3 Å². The Balaban J connectivity index is 1.90. The molecule has 1 aromatic carbocycles. The Labute approximate surface area is 194 Å². The highest BCUT2D eigenvalue weighted by molar-refractivity contribution is 7.92. The summed E-state index contributed by atoms with van der Waals surface area (Å²) >= 11 is 5.66. The lowest BCUT2D eigenvalue weighted by Gasteiger charge is -2.22. The van der Waals surface area contributed by atoms with E-state index in [4.69, 9.17) is 16.3 Å². The molecule has 2 aromatic heterocycles. The fourth-order valence-corrected chi connectivity index (χ4v) is 3.24. The minimum Gasteiger partial charge on any atom is -0.473 e. The summed E-state index contributed by atoms with van der Waals surface area (Å²) in [6.45, 7) is 2.79. The van der Waals surface area contributed by atoms with E-state index in [-0.39, 0.29) is 35.1 Å². The Hall–Kier alpha value is -3.05. The molecule has 0 saturated heterocycles. The van der Waals surface area contributed by atoms with Crippen LogP contribution < -0.4 is 15.6 Å². The van der Waals surface area contributed by atoms with Gasteiger partial charge in [0, 0.05) is 25.2 Å². The Bertz CT molecular complexity index is 1410. The standard InChI is InChI=1S/C21H22ClFN4O5S/c1-21(2,33(4,30)31)11-32-19-17-13(10-25-26-19)8-14(20(29)27(17)3)18(28)24-9-12-5-6-15(22)16(23)7-12/h5-8,10H,9,11H2,1-4H3,(H,24,28). The maximum atomic E-state index is 13.6. The van der Waals surface area contributed by atoms with Crippen LogP contribution in [0, 0.1) is 5.82 Å². The number of carbonyl (C=O) groups is 1. The van der Waals surface area contributed by atoms with Crippen molar-refractivity contribution in [1.29, 1.82) is 0 Å². The fraction of sp³-hybridized carbons (Fsp3) is 0.333. The molecular formula is C21H22ClFN4O5S. The second-order valence-electron chi connectivity index (χ2n) is 8.13. The number of halogens is 2. The molecule has 0 aliphatic heterocycles. The number of aryl methyl sites for hydroxylation is 1. The zero-order valence-corrected chi connectivity index (χ0v) is 19.9. The molecule has 0 aliphatic carbocycles. The molecule has 0 spiro atoms. The molecule has 0 unspecified atom stereocenters. The molecule has 2 heterocycles. The van der Waals surface area contributed by atoms with Crippen molar-refractivity contribution in [2.45, 2.75) is 25.1 Å². The van der Waals surface area contributed by atoms with Crippen LogP contribution in [0.25, 0.3) is 10.9 Å². The average molecular weight is 497 g/mol. The normalized spacial score (nSPS) is 12.1. The van der Waals surface area contributed by atoms with Gasteiger partial charge in [0.2, 0.25) is 0 Å². The minimum atomic E-state index is -3.42. The molecule has 0 atom stereocenters. The highest BCUT2D eigenvalue weighted by Crippen LogP contribution is 2.24. The smallest absolute Gasteiger partial charge is 0.263 e. The first kappa shape index (κ1) is 24.6. The monoisotopic (exact) mass is 496 g/mol. The number of ether oxygens (including phenoxy) is 1. The van der Waals surface area contributed by atoms with Crippen molar-refractivity contribution in [1.82, 2.24) is 20.1 Å². The molecule has 9 nitrogen and oxygen atoms in total. The van der Waals surface area contributed by atoms with Crippen LogP contribution >= 0.6 is 11.6 Å². The van der Waals surface area contributed by atoms with E-state index in [1.165, 1.54) is 49.9 Å². The number of amides is 1. The number of fused-ring (bicyclic) bond motifs is 1. The summed E-state index contributed by atoms with van der Waals surface area (Å²) in [5, 5.41) is 10.6. The number of sulfone groups is 1. The highest BCUT2D eigenvalue weighted by atomic mass is 35.5. The summed E-state index contributed by atoms with van der Waals surface area (Å²) in [5.41, 5.74) is -0.0501. The van der Waals surface area contributed by atoms with E-state index in [2.05, 4.69) is 15.5 Å². The summed E-state index contributed by atoms with van der Waals surface area (Å²) in [5.74, 6) is -1.31. The predicted octanol–water partition coefficient (Wildman–Crippen LogP) is 2.25. The van der Waals surface area contributed by atoms with Gasteiger partial charge in [0.25, 0.3) is 17.3 Å². The lowest BCUT2D eigenvalue weighted by atomic mass is 10.1. The van der Waals surface area contributed by atoms with Gasteiger partial charge < -0.3 is 14.6 Å². The number of aromatic nitrogens is 3. The van der Waals surface area contributed by atoms with Gasteiger partial charge in [-0.15, -0.1) is 5.10 Å². The first-order chi connectivity index (χ1) is 15.3. The van der Waals surface area contributed by atoms with Crippen molar-refractivity contribution in [2.75, 3.05) is 12.9 Å². The fourth-order valence-electron chi connectivity index (χ4n) is 2.85. The van der Waals surface area contributed by atoms with Crippen molar-refractivity contribution in [3.63, 3.8) is 0 Å². The van der Waals surface area contributed by atoms with E-state index in [1.54, 1.807) is 6.07 Å². The molecular weight excluding hydrogens is 475 g/mol. The number of nitrogens with zero attached hydrogens (tertiary/aromatic N) is 3. The largest absolute Gasteiger partial charge is 0.473 e. The number of hydrogen-bond donors (Lipinski definition) is 1. The number of benzene rings is 1. The molecule has 12 heteroatoms. The van der Waals surface area contributed by atoms with Crippen LogP contribution in [-0.4, -0.2) is 46.7 Å². The quantitative estimate of drug-likeness (QED) is 0.532. The van der Waals surface area contributed by atoms with Crippen LogP contribution in [-0.2, 0) is 23.4 Å². The van der Waals surface area contributed by atoms with Crippen LogP contribution in [0.15, 0.2) is 35.3 Å². The minimum absolute atomic E-state index is 0.0162. The molecule has 0 saturated carbocycles. The Morgan fingerprint density at radius 2 is 2.00 bits per heavy atom. The maximum Gasteiger partial charge on any atom is 0.263 e. The van der Waals surface area contributed by atoms with Gasteiger partial charge in [-0.2, -0.15) is 5.10 Å². The zero-order chi connectivity index (χ0) is 24.6. The van der Waals surface area contributed by atoms with Gasteiger partial charge in [-0.25, -0.2) is 12.8 Å². The topological polar surface area (TPSA) is 120 Å². The zero-order valence-electron chi connectivity index (χ0n) is 18.3. The van der Waals surface area contributed by atoms with Gasteiger partial charge in [-0.1, -0.05) is 17.7 Å². The third kappa shape index (κ3) is 5.14. The SMILES string of the molecule is Cn1c(=O)c(C(=O)NCc2ccc(Cl)c(F)c2)cc2cnnc(OCC(C)(C)S(C)(=O)=O)c21. The molecule has 0 fully saturated rings. The molecule has 0 radical (unpaired) electrons. The molecule has 0 aliphatic rings. The van der Waals surface area contributed by atoms with Crippen LogP contribution in [0.5, 0.6) is 5.88 Å². The van der Waals surface area contributed by atoms with Gasteiger partial charge in [-0.3, -0.25) is 9.59 Å². The predicted molar refractivity (Wildman–Crippen MR) is 122 cm³/mol. The summed E-state index contributed by atoms with van der Waals surface area (Å²) in [7, 11) is -1.99. The van der Waals surface area contributed by atoms with Crippen LogP contribution in [0.2, 0.25) is 5.02 Å². The van der Waals surface area contributed by atoms with E-state index in [9.17, 15) is 22.4 Å². The maximum absolute atomic E-state index is 13.6. The number of rotatable bonds is 7. The van der Waals surface area contributed by atoms with Crippen molar-refractivity contribution in [3.8, 4) is 5.88 Å². The number of pyridine rings is 1. The molecule has 3 rings (SSSR count). The second-order valence-corrected chi connectivity index (χ2v) is 11.2. The van der Waals surface area contributed by atoms with Crippen molar-refractivity contribution in [2.24, 2.45) is 7.05 Å². The Morgan fingerprint density at radius 1 is 1.30 bits per heavy atom. The summed E-state index contributed by atoms with van der Waals surface area (Å²) in [4.78, 5) is 25.5. The molecule has 3 aromatic rings. The lowest BCUT2D eigenvalue weighted by Crippen LogP contribution is -2.37. The number of nitrogens with one attached hydrogen (secondary N) is 1. The third-order valence-electron chi connectivity index (χ3n) is 5.23. The number of hydrogen-bond acceptors (Lipinski definition) is 7.